The summed E-state index contributed by atoms with van der Waals surface area (Å²) in [7, 11) is 0. The van der Waals surface area contributed by atoms with Crippen LogP contribution >= 0.6 is 24.0 Å². The van der Waals surface area contributed by atoms with Crippen molar-refractivity contribution >= 4 is 29.9 Å². The van der Waals surface area contributed by atoms with Crippen molar-refractivity contribution in [2.75, 3.05) is 19.6 Å². The molecule has 1 heterocycles. The van der Waals surface area contributed by atoms with Gasteiger partial charge in [0.1, 0.15) is 5.75 Å². The third kappa shape index (κ3) is 4.52. The van der Waals surface area contributed by atoms with E-state index in [2.05, 4.69) is 17.1 Å². The van der Waals surface area contributed by atoms with Crippen LogP contribution in [0, 0.1) is 5.41 Å². The molecular formula is C18H28IN3O. The van der Waals surface area contributed by atoms with Gasteiger partial charge in [-0.1, -0.05) is 25.0 Å². The first-order valence-electron chi connectivity index (χ1n) is 8.52. The van der Waals surface area contributed by atoms with Crippen LogP contribution in [0.25, 0.3) is 0 Å². The highest BCUT2D eigenvalue weighted by Crippen LogP contribution is 2.45. The fraction of sp³-hybridized carbons (Fsp3) is 0.611. The van der Waals surface area contributed by atoms with Gasteiger partial charge in [-0.25, -0.2) is 4.99 Å². The van der Waals surface area contributed by atoms with E-state index in [9.17, 15) is 5.11 Å². The van der Waals surface area contributed by atoms with Crippen LogP contribution in [-0.2, 0) is 6.54 Å². The fourth-order valence-electron chi connectivity index (χ4n) is 3.84. The first-order valence-corrected chi connectivity index (χ1v) is 8.52. The lowest BCUT2D eigenvalue weighted by Gasteiger charge is -2.26. The highest BCUT2D eigenvalue weighted by Gasteiger charge is 2.41. The molecule has 0 bridgehead atoms. The molecule has 1 spiro atoms. The summed E-state index contributed by atoms with van der Waals surface area (Å²) in [5, 5.41) is 12.8. The van der Waals surface area contributed by atoms with Crippen LogP contribution in [0.2, 0.25) is 0 Å². The predicted octanol–water partition coefficient (Wildman–Crippen LogP) is 3.74. The second-order valence-electron chi connectivity index (χ2n) is 6.72. The molecule has 5 heteroatoms. The van der Waals surface area contributed by atoms with E-state index in [-0.39, 0.29) is 24.0 Å². The first kappa shape index (κ1) is 18.4. The molecule has 1 saturated carbocycles. The molecule has 1 aliphatic heterocycles. The smallest absolute Gasteiger partial charge is 0.194 e. The Kier molecular flexibility index (Phi) is 6.56. The second-order valence-corrected chi connectivity index (χ2v) is 6.72. The van der Waals surface area contributed by atoms with Gasteiger partial charge in [0, 0.05) is 19.6 Å². The van der Waals surface area contributed by atoms with E-state index >= 15 is 0 Å². The molecule has 2 aliphatic rings. The number of hydrogen-bond donors (Lipinski definition) is 2. The molecule has 0 radical (unpaired) electrons. The van der Waals surface area contributed by atoms with Gasteiger partial charge in [-0.2, -0.15) is 0 Å². The van der Waals surface area contributed by atoms with Crippen LogP contribution in [-0.4, -0.2) is 35.6 Å². The SMILES string of the molecule is CCNC(=NCc1ccc(O)cc1)N1CCC2(CCCC2)C1.I. The molecule has 1 aromatic carbocycles. The number of benzene rings is 1. The number of aromatic hydroxyl groups is 1. The quantitative estimate of drug-likeness (QED) is 0.437. The lowest BCUT2D eigenvalue weighted by Crippen LogP contribution is -2.41. The monoisotopic (exact) mass is 429 g/mol. The number of rotatable bonds is 3. The van der Waals surface area contributed by atoms with Gasteiger partial charge in [0.2, 0.25) is 0 Å². The third-order valence-electron chi connectivity index (χ3n) is 5.08. The molecule has 1 aliphatic carbocycles. The summed E-state index contributed by atoms with van der Waals surface area (Å²) in [5.41, 5.74) is 1.69. The molecule has 2 fully saturated rings. The molecule has 23 heavy (non-hydrogen) atoms. The van der Waals surface area contributed by atoms with Crippen LogP contribution < -0.4 is 5.32 Å². The van der Waals surface area contributed by atoms with E-state index in [0.29, 0.717) is 17.7 Å². The minimum Gasteiger partial charge on any atom is -0.508 e. The van der Waals surface area contributed by atoms with Crippen molar-refractivity contribution in [2.45, 2.75) is 45.6 Å². The molecule has 0 aromatic heterocycles. The van der Waals surface area contributed by atoms with Crippen LogP contribution in [0.3, 0.4) is 0 Å². The number of halogens is 1. The van der Waals surface area contributed by atoms with Gasteiger partial charge in [0.25, 0.3) is 0 Å². The summed E-state index contributed by atoms with van der Waals surface area (Å²) in [6.45, 7) is 5.97. The number of phenols is 1. The lowest BCUT2D eigenvalue weighted by molar-refractivity contribution is 0.309. The van der Waals surface area contributed by atoms with Crippen molar-refractivity contribution < 1.29 is 5.11 Å². The van der Waals surface area contributed by atoms with Crippen LogP contribution in [0.15, 0.2) is 29.3 Å². The highest BCUT2D eigenvalue weighted by atomic mass is 127. The van der Waals surface area contributed by atoms with E-state index in [1.54, 1.807) is 12.1 Å². The Labute approximate surface area is 156 Å². The molecule has 1 aromatic rings. The van der Waals surface area contributed by atoms with E-state index in [1.165, 1.54) is 32.1 Å². The Morgan fingerprint density at radius 2 is 1.91 bits per heavy atom. The average molecular weight is 429 g/mol. The minimum absolute atomic E-state index is 0. The molecule has 0 unspecified atom stereocenters. The third-order valence-corrected chi connectivity index (χ3v) is 5.08. The number of phenolic OH excluding ortho intramolecular Hbond substituents is 1. The number of aliphatic imine (C=N–C) groups is 1. The maximum Gasteiger partial charge on any atom is 0.194 e. The van der Waals surface area contributed by atoms with Gasteiger partial charge in [-0.05, 0) is 49.3 Å². The van der Waals surface area contributed by atoms with Gasteiger partial charge < -0.3 is 15.3 Å². The van der Waals surface area contributed by atoms with Gasteiger partial charge in [0.15, 0.2) is 5.96 Å². The predicted molar refractivity (Wildman–Crippen MR) is 105 cm³/mol. The highest BCUT2D eigenvalue weighted by molar-refractivity contribution is 14.0. The summed E-state index contributed by atoms with van der Waals surface area (Å²) < 4.78 is 0. The van der Waals surface area contributed by atoms with Crippen molar-refractivity contribution in [3.63, 3.8) is 0 Å². The maximum absolute atomic E-state index is 9.35. The number of likely N-dealkylation sites (tertiary alicyclic amines) is 1. The topological polar surface area (TPSA) is 47.9 Å². The Morgan fingerprint density at radius 1 is 1.22 bits per heavy atom. The average Bonchev–Trinajstić information content (AvgIpc) is 3.16. The van der Waals surface area contributed by atoms with E-state index < -0.39 is 0 Å². The largest absolute Gasteiger partial charge is 0.508 e. The number of nitrogens with one attached hydrogen (secondary N) is 1. The first-order chi connectivity index (χ1) is 10.7. The van der Waals surface area contributed by atoms with Gasteiger partial charge in [0.05, 0.1) is 6.54 Å². The molecular weight excluding hydrogens is 401 g/mol. The number of guanidine groups is 1. The molecule has 0 amide bonds. The van der Waals surface area contributed by atoms with E-state index in [0.717, 1.165) is 31.2 Å². The zero-order valence-electron chi connectivity index (χ0n) is 13.9. The van der Waals surface area contributed by atoms with Gasteiger partial charge >= 0.3 is 0 Å². The standard InChI is InChI=1S/C18H27N3O.HI/c1-2-19-17(20-13-15-5-7-16(22)8-6-15)21-12-11-18(14-21)9-3-4-10-18;/h5-8,22H,2-4,9-14H2,1H3,(H,19,20);1H. The minimum atomic E-state index is 0. The maximum atomic E-state index is 9.35. The van der Waals surface area contributed by atoms with Crippen molar-refractivity contribution in [1.29, 1.82) is 0 Å². The summed E-state index contributed by atoms with van der Waals surface area (Å²) in [6, 6.07) is 7.32. The van der Waals surface area contributed by atoms with Crippen molar-refractivity contribution in [3.8, 4) is 5.75 Å². The Morgan fingerprint density at radius 3 is 2.57 bits per heavy atom. The van der Waals surface area contributed by atoms with Gasteiger partial charge in [-0.3, -0.25) is 0 Å². The van der Waals surface area contributed by atoms with Crippen molar-refractivity contribution in [2.24, 2.45) is 10.4 Å². The van der Waals surface area contributed by atoms with E-state index in [4.69, 9.17) is 4.99 Å². The Balaban J connectivity index is 0.00000192. The molecule has 1 saturated heterocycles. The molecule has 3 rings (SSSR count). The summed E-state index contributed by atoms with van der Waals surface area (Å²) in [4.78, 5) is 7.24. The van der Waals surface area contributed by atoms with Crippen molar-refractivity contribution in [1.82, 2.24) is 10.2 Å². The molecule has 4 nitrogen and oxygen atoms in total. The molecule has 128 valence electrons. The van der Waals surface area contributed by atoms with Crippen LogP contribution in [0.1, 0.15) is 44.6 Å². The lowest BCUT2D eigenvalue weighted by atomic mass is 9.86. The molecule has 2 N–H and O–H groups in total. The Hall–Kier alpha value is -0.980. The zero-order chi connectivity index (χ0) is 15.4. The zero-order valence-corrected chi connectivity index (χ0v) is 16.3. The summed E-state index contributed by atoms with van der Waals surface area (Å²) >= 11 is 0. The van der Waals surface area contributed by atoms with Crippen LogP contribution in [0.4, 0.5) is 0 Å². The number of nitrogens with zero attached hydrogens (tertiary/aromatic N) is 2. The van der Waals surface area contributed by atoms with Gasteiger partial charge in [-0.15, -0.1) is 24.0 Å². The summed E-state index contributed by atoms with van der Waals surface area (Å²) in [5.74, 6) is 1.35. The number of hydrogen-bond acceptors (Lipinski definition) is 2. The van der Waals surface area contributed by atoms with Crippen LogP contribution in [0.5, 0.6) is 5.75 Å². The Bertz CT molecular complexity index is 524. The normalized spacial score (nSPS) is 19.9. The second kappa shape index (κ2) is 8.22. The molecule has 0 atom stereocenters. The van der Waals surface area contributed by atoms with E-state index in [1.807, 2.05) is 12.1 Å². The summed E-state index contributed by atoms with van der Waals surface area (Å²) in [6.07, 6.45) is 6.89. The van der Waals surface area contributed by atoms with Crippen molar-refractivity contribution in [3.05, 3.63) is 29.8 Å². The fourth-order valence-corrected chi connectivity index (χ4v) is 3.84.